The topological polar surface area (TPSA) is 105 Å². The van der Waals surface area contributed by atoms with E-state index in [1.54, 1.807) is 6.08 Å². The largest absolute Gasteiger partial charge is 0.472 e. The van der Waals surface area contributed by atoms with Crippen molar-refractivity contribution in [3.05, 3.63) is 109 Å². The van der Waals surface area contributed by atoms with E-state index in [0.717, 1.165) is 77.0 Å². The summed E-state index contributed by atoms with van der Waals surface area (Å²) in [6, 6.07) is -0.902. The van der Waals surface area contributed by atoms with Crippen molar-refractivity contribution < 1.29 is 32.9 Å². The Balaban J connectivity index is 4.42. The molecule has 0 aromatic heterocycles. The van der Waals surface area contributed by atoms with Crippen LogP contribution in [-0.4, -0.2) is 73.4 Å². The van der Waals surface area contributed by atoms with E-state index in [1.807, 2.05) is 27.2 Å². The number of aliphatic hydroxyl groups excluding tert-OH is 1. The minimum absolute atomic E-state index is 0.0386. The first-order chi connectivity index (χ1) is 33.5. The molecule has 0 saturated heterocycles. The van der Waals surface area contributed by atoms with Gasteiger partial charge in [-0.1, -0.05) is 220 Å². The summed E-state index contributed by atoms with van der Waals surface area (Å²) in [5, 5.41) is 13.9. The summed E-state index contributed by atoms with van der Waals surface area (Å²) < 4.78 is 23.6. The van der Waals surface area contributed by atoms with Crippen molar-refractivity contribution in [2.75, 3.05) is 40.9 Å². The second-order valence-corrected chi connectivity index (χ2v) is 21.0. The molecule has 0 aliphatic heterocycles. The van der Waals surface area contributed by atoms with Gasteiger partial charge < -0.3 is 19.8 Å². The fraction of sp³-hybridized carbons (Fsp3) is 0.683. The molecule has 3 unspecified atom stereocenters. The van der Waals surface area contributed by atoms with Crippen LogP contribution in [0.15, 0.2) is 109 Å². The van der Waals surface area contributed by atoms with Crippen molar-refractivity contribution in [3.63, 3.8) is 0 Å². The number of unbranched alkanes of at least 4 members (excludes halogenated alkanes) is 20. The molecule has 0 fully saturated rings. The van der Waals surface area contributed by atoms with Crippen molar-refractivity contribution in [1.82, 2.24) is 5.32 Å². The Labute approximate surface area is 425 Å². The highest BCUT2D eigenvalue weighted by atomic mass is 31.2. The molecule has 0 aromatic rings. The highest BCUT2D eigenvalue weighted by molar-refractivity contribution is 7.47. The van der Waals surface area contributed by atoms with Crippen molar-refractivity contribution in [2.24, 2.45) is 0 Å². The lowest BCUT2D eigenvalue weighted by Gasteiger charge is -2.25. The fourth-order valence-corrected chi connectivity index (χ4v) is 8.11. The third-order valence-corrected chi connectivity index (χ3v) is 12.7. The molecule has 3 N–H and O–H groups in total. The Kier molecular flexibility index (Phi) is 48.1. The molecule has 0 heterocycles. The molecule has 9 heteroatoms. The van der Waals surface area contributed by atoms with Gasteiger partial charge in [-0.3, -0.25) is 13.8 Å². The third-order valence-electron chi connectivity index (χ3n) is 11.7. The molecule has 69 heavy (non-hydrogen) atoms. The number of phosphoric ester groups is 1. The highest BCUT2D eigenvalue weighted by Gasteiger charge is 2.27. The second kappa shape index (κ2) is 50.1. The van der Waals surface area contributed by atoms with Crippen LogP contribution in [0.1, 0.15) is 213 Å². The molecular formula is C60H106N2O6P+. The summed E-state index contributed by atoms with van der Waals surface area (Å²) in [5.74, 6) is -0.237. The Morgan fingerprint density at radius 1 is 0.507 bits per heavy atom. The number of quaternary nitrogens is 1. The number of aliphatic hydroxyl groups is 1. The van der Waals surface area contributed by atoms with Crippen LogP contribution < -0.4 is 5.32 Å². The standard InChI is InChI=1S/C60H105N2O6P/c1-6-8-10-12-14-16-18-20-22-24-26-28-29-30-31-32-34-35-37-39-41-43-45-47-49-51-53-59(63)58(57-68-69(65,66)67-56-55-62(3,4)5)61-60(64)54-52-50-48-46-44-42-40-38-36-33-27-25-23-21-19-17-15-13-11-9-7-2/h9,11,15,17,21,23,27,33,35,37-38,40,43-46,51,53,58-59,63H,6-8,10,12-14,16,18-20,22,24-26,28-32,34,36,39,41-42,47-50,52,54-57H2,1-5H3,(H-,61,64,65,66)/p+1/b11-9-,17-15-,23-21-,33-27-,37-35+,40-38-,45-43+,46-44-,53-51+. The zero-order valence-corrected chi connectivity index (χ0v) is 45.9. The van der Waals surface area contributed by atoms with Gasteiger partial charge in [0.25, 0.3) is 0 Å². The maximum Gasteiger partial charge on any atom is 0.472 e. The van der Waals surface area contributed by atoms with Gasteiger partial charge >= 0.3 is 7.82 Å². The summed E-state index contributed by atoms with van der Waals surface area (Å²) in [6.45, 7) is 4.63. The van der Waals surface area contributed by atoms with Crippen molar-refractivity contribution >= 4 is 13.7 Å². The van der Waals surface area contributed by atoms with Crippen LogP contribution >= 0.6 is 7.82 Å². The molecule has 1 amide bonds. The number of carbonyl (C=O) groups excluding carboxylic acids is 1. The summed E-state index contributed by atoms with van der Waals surface area (Å²) in [4.78, 5) is 23.2. The van der Waals surface area contributed by atoms with Crippen LogP contribution in [0.4, 0.5) is 0 Å². The lowest BCUT2D eigenvalue weighted by molar-refractivity contribution is -0.870. The molecule has 0 aliphatic rings. The Morgan fingerprint density at radius 2 is 0.884 bits per heavy atom. The van der Waals surface area contributed by atoms with E-state index in [0.29, 0.717) is 17.4 Å². The number of hydrogen-bond acceptors (Lipinski definition) is 5. The van der Waals surface area contributed by atoms with Crippen molar-refractivity contribution in [1.29, 1.82) is 0 Å². The van der Waals surface area contributed by atoms with Crippen LogP contribution in [0.25, 0.3) is 0 Å². The molecule has 0 bridgehead atoms. The molecule has 0 aromatic carbocycles. The normalized spacial score (nSPS) is 14.8. The van der Waals surface area contributed by atoms with Crippen LogP contribution in [0, 0.1) is 0 Å². The van der Waals surface area contributed by atoms with E-state index in [-0.39, 0.29) is 25.5 Å². The number of hydrogen-bond donors (Lipinski definition) is 3. The van der Waals surface area contributed by atoms with Gasteiger partial charge in [-0.25, -0.2) is 4.57 Å². The maximum absolute atomic E-state index is 12.9. The van der Waals surface area contributed by atoms with Crippen LogP contribution in [0.2, 0.25) is 0 Å². The van der Waals surface area contributed by atoms with Crippen molar-refractivity contribution in [2.45, 2.75) is 225 Å². The SMILES string of the molecule is CC/C=C\C/C=C\C/C=C\C/C=C\C/C=C\C/C=C\CCCCC(=O)NC(COP(=O)(O)OCC[N+](C)(C)C)C(O)/C=C/CC/C=C/CC/C=C/CCCCCCCCCCCCCCCCCC. The minimum Gasteiger partial charge on any atom is -0.387 e. The van der Waals surface area contributed by atoms with Gasteiger partial charge in [0.2, 0.25) is 5.91 Å². The van der Waals surface area contributed by atoms with Crippen LogP contribution in [0.5, 0.6) is 0 Å². The first-order valence-electron chi connectivity index (χ1n) is 27.8. The van der Waals surface area contributed by atoms with E-state index in [4.69, 9.17) is 9.05 Å². The van der Waals surface area contributed by atoms with Crippen LogP contribution in [0.3, 0.4) is 0 Å². The molecule has 0 spiro atoms. The molecular weight excluding hydrogens is 876 g/mol. The predicted octanol–water partition coefficient (Wildman–Crippen LogP) is 16.8. The lowest BCUT2D eigenvalue weighted by Crippen LogP contribution is -2.45. The number of allylic oxidation sites excluding steroid dienone is 17. The molecule has 0 radical (unpaired) electrons. The number of carbonyl (C=O) groups is 1. The lowest BCUT2D eigenvalue weighted by atomic mass is 10.0. The number of nitrogens with one attached hydrogen (secondary N) is 1. The van der Waals surface area contributed by atoms with Gasteiger partial charge in [0.15, 0.2) is 0 Å². The van der Waals surface area contributed by atoms with E-state index in [2.05, 4.69) is 116 Å². The number of amides is 1. The van der Waals surface area contributed by atoms with Gasteiger partial charge in [0.1, 0.15) is 13.2 Å². The van der Waals surface area contributed by atoms with Gasteiger partial charge in [-0.15, -0.1) is 0 Å². The first kappa shape index (κ1) is 66.2. The van der Waals surface area contributed by atoms with E-state index in [1.165, 1.54) is 109 Å². The summed E-state index contributed by atoms with van der Waals surface area (Å²) in [6.07, 6.45) is 73.4. The number of rotatable bonds is 49. The Morgan fingerprint density at radius 3 is 1.33 bits per heavy atom. The van der Waals surface area contributed by atoms with Gasteiger partial charge in [-0.2, -0.15) is 0 Å². The fourth-order valence-electron chi connectivity index (χ4n) is 7.37. The minimum atomic E-state index is -4.38. The molecule has 0 rings (SSSR count). The monoisotopic (exact) mass is 982 g/mol. The maximum atomic E-state index is 12.9. The van der Waals surface area contributed by atoms with Gasteiger partial charge in [-0.05, 0) is 96.3 Å². The Hall–Kier alpha value is -2.84. The Bertz CT molecular complexity index is 1490. The third kappa shape index (κ3) is 52.8. The average Bonchev–Trinajstić information content (AvgIpc) is 3.31. The molecule has 8 nitrogen and oxygen atoms in total. The zero-order chi connectivity index (χ0) is 50.6. The van der Waals surface area contributed by atoms with E-state index in [9.17, 15) is 19.4 Å². The predicted molar refractivity (Wildman–Crippen MR) is 299 cm³/mol. The first-order valence-corrected chi connectivity index (χ1v) is 29.3. The quantitative estimate of drug-likeness (QED) is 0.0243. The summed E-state index contributed by atoms with van der Waals surface area (Å²) in [5.41, 5.74) is 0. The van der Waals surface area contributed by atoms with E-state index >= 15 is 0 Å². The van der Waals surface area contributed by atoms with Crippen molar-refractivity contribution in [3.8, 4) is 0 Å². The second-order valence-electron chi connectivity index (χ2n) is 19.6. The smallest absolute Gasteiger partial charge is 0.387 e. The average molecular weight is 982 g/mol. The number of phosphoric acid groups is 1. The van der Waals surface area contributed by atoms with Gasteiger partial charge in [0, 0.05) is 6.42 Å². The molecule has 0 aliphatic carbocycles. The number of likely N-dealkylation sites (N-methyl/N-ethyl adjacent to an activating group) is 1. The molecule has 3 atom stereocenters. The highest BCUT2D eigenvalue weighted by Crippen LogP contribution is 2.43. The number of nitrogens with zero attached hydrogens (tertiary/aromatic N) is 1. The summed E-state index contributed by atoms with van der Waals surface area (Å²) in [7, 11) is 1.50. The van der Waals surface area contributed by atoms with Crippen LogP contribution in [-0.2, 0) is 18.4 Å². The summed E-state index contributed by atoms with van der Waals surface area (Å²) >= 11 is 0. The zero-order valence-electron chi connectivity index (χ0n) is 45.0. The molecule has 396 valence electrons. The van der Waals surface area contributed by atoms with E-state index < -0.39 is 20.0 Å². The molecule has 0 saturated carbocycles. The van der Waals surface area contributed by atoms with Gasteiger partial charge in [0.05, 0.1) is 39.9 Å².